The van der Waals surface area contributed by atoms with Crippen LogP contribution in [0.3, 0.4) is 0 Å². The summed E-state index contributed by atoms with van der Waals surface area (Å²) >= 11 is 1.75. The van der Waals surface area contributed by atoms with Gasteiger partial charge in [-0.25, -0.2) is 4.98 Å². The van der Waals surface area contributed by atoms with Crippen molar-refractivity contribution >= 4 is 11.3 Å². The molecule has 3 nitrogen and oxygen atoms in total. The molecule has 0 spiro atoms. The molecule has 102 valence electrons. The van der Waals surface area contributed by atoms with Gasteiger partial charge in [-0.05, 0) is 38.6 Å². The predicted octanol–water partition coefficient (Wildman–Crippen LogP) is 3.01. The Morgan fingerprint density at radius 3 is 3.17 bits per heavy atom. The summed E-state index contributed by atoms with van der Waals surface area (Å²) in [5, 5.41) is 6.94. The van der Waals surface area contributed by atoms with Gasteiger partial charge in [-0.2, -0.15) is 0 Å². The van der Waals surface area contributed by atoms with Gasteiger partial charge in [0.25, 0.3) is 0 Å². The monoisotopic (exact) mass is 268 g/mol. The SMILES string of the molecule is CCCNC(Cc1nccs1)CC1CCCCO1. The van der Waals surface area contributed by atoms with Crippen LogP contribution >= 0.6 is 11.3 Å². The molecule has 1 aliphatic heterocycles. The summed E-state index contributed by atoms with van der Waals surface area (Å²) in [6.45, 7) is 4.25. The third-order valence-corrected chi connectivity index (χ3v) is 4.21. The maximum Gasteiger partial charge on any atom is 0.0940 e. The second kappa shape index (κ2) is 7.87. The molecule has 1 aliphatic rings. The van der Waals surface area contributed by atoms with Gasteiger partial charge in [-0.1, -0.05) is 6.92 Å². The van der Waals surface area contributed by atoms with Crippen molar-refractivity contribution in [1.29, 1.82) is 0 Å². The van der Waals surface area contributed by atoms with Crippen molar-refractivity contribution in [3.8, 4) is 0 Å². The Hall–Kier alpha value is -0.450. The minimum absolute atomic E-state index is 0.452. The van der Waals surface area contributed by atoms with E-state index in [0.717, 1.165) is 26.0 Å². The second-order valence-corrected chi connectivity index (χ2v) is 5.98. The van der Waals surface area contributed by atoms with Gasteiger partial charge in [0.1, 0.15) is 0 Å². The van der Waals surface area contributed by atoms with E-state index in [1.54, 1.807) is 11.3 Å². The number of hydrogen-bond acceptors (Lipinski definition) is 4. The first-order chi connectivity index (χ1) is 8.88. The van der Waals surface area contributed by atoms with Crippen molar-refractivity contribution in [3.05, 3.63) is 16.6 Å². The van der Waals surface area contributed by atoms with Crippen molar-refractivity contribution in [2.24, 2.45) is 0 Å². The number of ether oxygens (including phenoxy) is 1. The molecule has 2 unspecified atom stereocenters. The van der Waals surface area contributed by atoms with E-state index in [0.29, 0.717) is 12.1 Å². The molecule has 0 aromatic carbocycles. The maximum atomic E-state index is 5.85. The summed E-state index contributed by atoms with van der Waals surface area (Å²) in [5.41, 5.74) is 0. The fourth-order valence-corrected chi connectivity index (χ4v) is 3.16. The summed E-state index contributed by atoms with van der Waals surface area (Å²) in [6.07, 6.45) is 9.47. The van der Waals surface area contributed by atoms with Crippen molar-refractivity contribution in [3.63, 3.8) is 0 Å². The van der Waals surface area contributed by atoms with Crippen LogP contribution in [0.15, 0.2) is 11.6 Å². The Morgan fingerprint density at radius 2 is 2.50 bits per heavy atom. The maximum absolute atomic E-state index is 5.85. The van der Waals surface area contributed by atoms with Gasteiger partial charge in [0.2, 0.25) is 0 Å². The number of aromatic nitrogens is 1. The van der Waals surface area contributed by atoms with Crippen LogP contribution in [0.5, 0.6) is 0 Å². The van der Waals surface area contributed by atoms with Crippen molar-refractivity contribution < 1.29 is 4.74 Å². The molecule has 4 heteroatoms. The predicted molar refractivity (Wildman–Crippen MR) is 76.1 cm³/mol. The highest BCUT2D eigenvalue weighted by atomic mass is 32.1. The lowest BCUT2D eigenvalue weighted by molar-refractivity contribution is 0.00526. The number of rotatable bonds is 7. The lowest BCUT2D eigenvalue weighted by Crippen LogP contribution is -2.36. The third kappa shape index (κ3) is 4.67. The third-order valence-electron chi connectivity index (χ3n) is 3.41. The number of nitrogens with zero attached hydrogens (tertiary/aromatic N) is 1. The van der Waals surface area contributed by atoms with E-state index in [-0.39, 0.29) is 0 Å². The molecule has 0 radical (unpaired) electrons. The highest BCUT2D eigenvalue weighted by molar-refractivity contribution is 7.09. The molecule has 0 bridgehead atoms. The first-order valence-electron chi connectivity index (χ1n) is 7.12. The largest absolute Gasteiger partial charge is 0.378 e. The lowest BCUT2D eigenvalue weighted by atomic mass is 10.00. The molecular formula is C14H24N2OS. The zero-order valence-electron chi connectivity index (χ0n) is 11.2. The smallest absolute Gasteiger partial charge is 0.0940 e. The number of nitrogens with one attached hydrogen (secondary N) is 1. The number of hydrogen-bond donors (Lipinski definition) is 1. The number of thiazole rings is 1. The molecule has 2 atom stereocenters. The van der Waals surface area contributed by atoms with Gasteiger partial charge in [0, 0.05) is 30.6 Å². The van der Waals surface area contributed by atoms with Gasteiger partial charge < -0.3 is 10.1 Å². The molecule has 1 fully saturated rings. The molecule has 0 aliphatic carbocycles. The van der Waals surface area contributed by atoms with E-state index < -0.39 is 0 Å². The van der Waals surface area contributed by atoms with E-state index in [1.807, 2.05) is 6.20 Å². The average molecular weight is 268 g/mol. The molecule has 1 N–H and O–H groups in total. The van der Waals surface area contributed by atoms with E-state index in [1.165, 1.54) is 30.7 Å². The highest BCUT2D eigenvalue weighted by Gasteiger charge is 2.20. The van der Waals surface area contributed by atoms with Crippen LogP contribution in [0.2, 0.25) is 0 Å². The molecular weight excluding hydrogens is 244 g/mol. The summed E-state index contributed by atoms with van der Waals surface area (Å²) in [6, 6.07) is 0.513. The molecule has 2 heterocycles. The van der Waals surface area contributed by atoms with Crippen molar-refractivity contribution in [2.45, 2.75) is 57.6 Å². The fraction of sp³-hybridized carbons (Fsp3) is 0.786. The molecule has 1 saturated heterocycles. The average Bonchev–Trinajstić information content (AvgIpc) is 2.90. The topological polar surface area (TPSA) is 34.2 Å². The minimum atomic E-state index is 0.452. The molecule has 0 saturated carbocycles. The summed E-state index contributed by atoms with van der Waals surface area (Å²) in [7, 11) is 0. The van der Waals surface area contributed by atoms with E-state index in [2.05, 4.69) is 22.6 Å². The van der Waals surface area contributed by atoms with E-state index >= 15 is 0 Å². The molecule has 18 heavy (non-hydrogen) atoms. The first kappa shape index (κ1) is 14.0. The van der Waals surface area contributed by atoms with E-state index in [9.17, 15) is 0 Å². The zero-order valence-corrected chi connectivity index (χ0v) is 12.0. The van der Waals surface area contributed by atoms with Crippen LogP contribution in [0.1, 0.15) is 44.0 Å². The Morgan fingerprint density at radius 1 is 1.56 bits per heavy atom. The summed E-state index contributed by atoms with van der Waals surface area (Å²) in [4.78, 5) is 4.39. The van der Waals surface area contributed by atoms with E-state index in [4.69, 9.17) is 4.74 Å². The normalized spacial score (nSPS) is 21.9. The van der Waals surface area contributed by atoms with Crippen LogP contribution in [-0.4, -0.2) is 30.3 Å². The van der Waals surface area contributed by atoms with Crippen LogP contribution in [0.4, 0.5) is 0 Å². The quantitative estimate of drug-likeness (QED) is 0.825. The molecule has 1 aromatic rings. The lowest BCUT2D eigenvalue weighted by Gasteiger charge is -2.27. The fourth-order valence-electron chi connectivity index (χ4n) is 2.46. The van der Waals surface area contributed by atoms with Crippen LogP contribution in [0, 0.1) is 0 Å². The second-order valence-electron chi connectivity index (χ2n) is 5.01. The highest BCUT2D eigenvalue weighted by Crippen LogP contribution is 2.19. The Labute approximate surface area is 114 Å². The van der Waals surface area contributed by atoms with Crippen molar-refractivity contribution in [1.82, 2.24) is 10.3 Å². The first-order valence-corrected chi connectivity index (χ1v) is 7.99. The van der Waals surface area contributed by atoms with Crippen molar-refractivity contribution in [2.75, 3.05) is 13.2 Å². The standard InChI is InChI=1S/C14H24N2OS/c1-2-6-15-12(11-14-16-7-9-18-14)10-13-5-3-4-8-17-13/h7,9,12-13,15H,2-6,8,10-11H2,1H3. The molecule has 0 amide bonds. The van der Waals surface area contributed by atoms with Gasteiger partial charge in [-0.15, -0.1) is 11.3 Å². The Balaban J connectivity index is 1.83. The Bertz CT molecular complexity index is 310. The van der Waals surface area contributed by atoms with Gasteiger partial charge in [-0.3, -0.25) is 0 Å². The minimum Gasteiger partial charge on any atom is -0.378 e. The molecule has 1 aromatic heterocycles. The van der Waals surface area contributed by atoms with Gasteiger partial charge >= 0.3 is 0 Å². The van der Waals surface area contributed by atoms with Gasteiger partial charge in [0.15, 0.2) is 0 Å². The van der Waals surface area contributed by atoms with Gasteiger partial charge in [0.05, 0.1) is 11.1 Å². The zero-order chi connectivity index (χ0) is 12.6. The van der Waals surface area contributed by atoms with Crippen LogP contribution < -0.4 is 5.32 Å². The summed E-state index contributed by atoms with van der Waals surface area (Å²) < 4.78 is 5.85. The summed E-state index contributed by atoms with van der Waals surface area (Å²) in [5.74, 6) is 0. The Kier molecular flexibility index (Phi) is 6.11. The van der Waals surface area contributed by atoms with Crippen LogP contribution in [0.25, 0.3) is 0 Å². The molecule has 2 rings (SSSR count). The van der Waals surface area contributed by atoms with Crippen LogP contribution in [-0.2, 0) is 11.2 Å².